The Hall–Kier alpha value is -3.14. The predicted octanol–water partition coefficient (Wildman–Crippen LogP) is 4.16. The first-order chi connectivity index (χ1) is 13.9. The molecular formula is C20H18F3N3O3S. The summed E-state index contributed by atoms with van der Waals surface area (Å²) >= 11 is 0. The van der Waals surface area contributed by atoms with E-state index < -0.39 is 27.5 Å². The number of aromatic nitrogens is 2. The number of amides is 1. The number of halogens is 3. The molecule has 3 rings (SSSR count). The molecule has 0 aliphatic carbocycles. The molecule has 30 heavy (non-hydrogen) atoms. The van der Waals surface area contributed by atoms with Crippen molar-refractivity contribution in [3.8, 4) is 5.69 Å². The number of benzene rings is 1. The maximum absolute atomic E-state index is 13.4. The van der Waals surface area contributed by atoms with Gasteiger partial charge in [0.25, 0.3) is 5.91 Å². The molecule has 0 aliphatic heterocycles. The molecule has 0 bridgehead atoms. The molecule has 0 saturated heterocycles. The van der Waals surface area contributed by atoms with Crippen molar-refractivity contribution in [1.29, 1.82) is 0 Å². The highest BCUT2D eigenvalue weighted by molar-refractivity contribution is 7.90. The molecule has 0 aliphatic rings. The molecule has 1 aromatic carbocycles. The van der Waals surface area contributed by atoms with Crippen LogP contribution in [0.25, 0.3) is 5.69 Å². The van der Waals surface area contributed by atoms with Gasteiger partial charge in [0.1, 0.15) is 0 Å². The molecule has 158 valence electrons. The number of carbonyl (C=O) groups excluding carboxylic acids is 1. The van der Waals surface area contributed by atoms with Crippen LogP contribution in [0.5, 0.6) is 0 Å². The molecule has 2 heterocycles. The highest BCUT2D eigenvalue weighted by Gasteiger charge is 2.34. The number of para-hydroxylation sites is 1. The number of nitrogens with zero attached hydrogens (tertiary/aromatic N) is 2. The third-order valence-corrected chi connectivity index (χ3v) is 5.50. The fourth-order valence-electron chi connectivity index (χ4n) is 3.14. The van der Waals surface area contributed by atoms with E-state index in [1.54, 1.807) is 13.8 Å². The van der Waals surface area contributed by atoms with E-state index in [0.29, 0.717) is 11.4 Å². The Kier molecular flexibility index (Phi) is 5.46. The highest BCUT2D eigenvalue weighted by Crippen LogP contribution is 2.35. The summed E-state index contributed by atoms with van der Waals surface area (Å²) in [6.45, 7) is 3.17. The summed E-state index contributed by atoms with van der Waals surface area (Å²) in [6, 6.07) is 9.28. The van der Waals surface area contributed by atoms with Gasteiger partial charge in [0.15, 0.2) is 14.9 Å². The number of nitrogens with one attached hydrogen (secondary N) is 1. The van der Waals surface area contributed by atoms with Gasteiger partial charge in [-0.3, -0.25) is 4.79 Å². The third-order valence-electron chi connectivity index (χ3n) is 4.50. The maximum atomic E-state index is 13.4. The quantitative estimate of drug-likeness (QED) is 0.665. The van der Waals surface area contributed by atoms with Crippen LogP contribution in [0.3, 0.4) is 0 Å². The molecule has 0 saturated carbocycles. The van der Waals surface area contributed by atoms with Gasteiger partial charge in [0.2, 0.25) is 0 Å². The summed E-state index contributed by atoms with van der Waals surface area (Å²) in [5, 5.41) is 2.45. The second-order valence-corrected chi connectivity index (χ2v) is 8.71. The van der Waals surface area contributed by atoms with Crippen molar-refractivity contribution < 1.29 is 26.4 Å². The fourth-order valence-corrected chi connectivity index (χ4v) is 3.70. The van der Waals surface area contributed by atoms with Crippen molar-refractivity contribution in [3.05, 3.63) is 71.2 Å². The van der Waals surface area contributed by atoms with Gasteiger partial charge in [-0.25, -0.2) is 13.4 Å². The SMILES string of the molecule is Cc1cc(C(=O)Nc2ccc(S(C)(=O)=O)nc2)c(C)n1-c1ccccc1C(F)(F)F. The van der Waals surface area contributed by atoms with Gasteiger partial charge in [-0.15, -0.1) is 0 Å². The molecule has 10 heteroatoms. The molecule has 0 radical (unpaired) electrons. The van der Waals surface area contributed by atoms with Gasteiger partial charge < -0.3 is 9.88 Å². The lowest BCUT2D eigenvalue weighted by Crippen LogP contribution is -2.15. The lowest BCUT2D eigenvalue weighted by atomic mass is 10.1. The summed E-state index contributed by atoms with van der Waals surface area (Å²) in [7, 11) is -3.48. The highest BCUT2D eigenvalue weighted by atomic mass is 32.2. The number of hydrogen-bond donors (Lipinski definition) is 1. The molecule has 0 fully saturated rings. The van der Waals surface area contributed by atoms with Crippen LogP contribution in [0.15, 0.2) is 53.7 Å². The summed E-state index contributed by atoms with van der Waals surface area (Å²) in [4.78, 5) is 16.5. The normalized spacial score (nSPS) is 12.1. The number of alkyl halides is 3. The molecular weight excluding hydrogens is 419 g/mol. The minimum Gasteiger partial charge on any atom is -0.321 e. The minimum atomic E-state index is -4.55. The lowest BCUT2D eigenvalue weighted by Gasteiger charge is -2.16. The summed E-state index contributed by atoms with van der Waals surface area (Å²) in [5.41, 5.74) is 0.365. The van der Waals surface area contributed by atoms with Crippen LogP contribution in [0.4, 0.5) is 18.9 Å². The first-order valence-corrected chi connectivity index (χ1v) is 10.6. The van der Waals surface area contributed by atoms with Crippen LogP contribution in [-0.2, 0) is 16.0 Å². The fraction of sp³-hybridized carbons (Fsp3) is 0.200. The Bertz CT molecular complexity index is 1210. The van der Waals surface area contributed by atoms with Crippen molar-refractivity contribution in [2.45, 2.75) is 25.0 Å². The van der Waals surface area contributed by atoms with Crippen molar-refractivity contribution in [2.24, 2.45) is 0 Å². The largest absolute Gasteiger partial charge is 0.418 e. The zero-order chi connectivity index (χ0) is 22.3. The van der Waals surface area contributed by atoms with E-state index in [1.807, 2.05) is 0 Å². The van der Waals surface area contributed by atoms with E-state index in [-0.39, 0.29) is 22.0 Å². The predicted molar refractivity (Wildman–Crippen MR) is 106 cm³/mol. The number of pyridine rings is 1. The zero-order valence-corrected chi connectivity index (χ0v) is 17.1. The number of hydrogen-bond acceptors (Lipinski definition) is 4. The summed E-state index contributed by atoms with van der Waals surface area (Å²) < 4.78 is 64.6. The Balaban J connectivity index is 1.96. The topological polar surface area (TPSA) is 81.1 Å². The van der Waals surface area contributed by atoms with E-state index >= 15 is 0 Å². The van der Waals surface area contributed by atoms with Crippen molar-refractivity contribution in [3.63, 3.8) is 0 Å². The van der Waals surface area contributed by atoms with Crippen LogP contribution in [-0.4, -0.2) is 30.1 Å². The number of anilines is 1. The second-order valence-electron chi connectivity index (χ2n) is 6.75. The molecule has 2 aromatic heterocycles. The number of aryl methyl sites for hydroxylation is 1. The van der Waals surface area contributed by atoms with Gasteiger partial charge >= 0.3 is 6.18 Å². The first kappa shape index (κ1) is 21.6. The molecule has 1 N–H and O–H groups in total. The van der Waals surface area contributed by atoms with E-state index in [0.717, 1.165) is 12.3 Å². The Morgan fingerprint density at radius 2 is 1.77 bits per heavy atom. The standard InChI is InChI=1S/C20H18F3N3O3S/c1-12-10-15(19(27)25-14-8-9-18(24-11-14)30(3,28)29)13(2)26(12)17-7-5-4-6-16(17)20(21,22)23/h4-11H,1-3H3,(H,25,27). The van der Waals surface area contributed by atoms with E-state index in [2.05, 4.69) is 10.3 Å². The first-order valence-electron chi connectivity index (χ1n) is 8.72. The second kappa shape index (κ2) is 7.60. The Morgan fingerprint density at radius 1 is 1.10 bits per heavy atom. The Morgan fingerprint density at radius 3 is 2.33 bits per heavy atom. The van der Waals surface area contributed by atoms with Gasteiger partial charge in [-0.2, -0.15) is 13.2 Å². The smallest absolute Gasteiger partial charge is 0.321 e. The molecule has 0 unspecified atom stereocenters. The van der Waals surface area contributed by atoms with Crippen molar-refractivity contribution >= 4 is 21.4 Å². The number of rotatable bonds is 4. The number of carbonyl (C=O) groups is 1. The van der Waals surface area contributed by atoms with Crippen LogP contribution in [0.2, 0.25) is 0 Å². The third kappa shape index (κ3) is 4.23. The van der Waals surface area contributed by atoms with Crippen LogP contribution >= 0.6 is 0 Å². The van der Waals surface area contributed by atoms with Gasteiger partial charge in [0.05, 0.1) is 28.7 Å². The van der Waals surface area contributed by atoms with Gasteiger partial charge in [-0.1, -0.05) is 12.1 Å². The minimum absolute atomic E-state index is 0.0711. The monoisotopic (exact) mass is 437 g/mol. The lowest BCUT2D eigenvalue weighted by molar-refractivity contribution is -0.137. The average molecular weight is 437 g/mol. The summed E-state index contributed by atoms with van der Waals surface area (Å²) in [5.74, 6) is -0.548. The zero-order valence-electron chi connectivity index (χ0n) is 16.3. The van der Waals surface area contributed by atoms with Crippen molar-refractivity contribution in [1.82, 2.24) is 9.55 Å². The maximum Gasteiger partial charge on any atom is 0.418 e. The summed E-state index contributed by atoms with van der Waals surface area (Å²) in [6.07, 6.45) is -2.33. The van der Waals surface area contributed by atoms with Gasteiger partial charge in [0, 0.05) is 17.6 Å². The molecule has 1 amide bonds. The molecule has 0 spiro atoms. The molecule has 3 aromatic rings. The van der Waals surface area contributed by atoms with E-state index in [9.17, 15) is 26.4 Å². The Labute approximate surface area is 171 Å². The molecule has 6 nitrogen and oxygen atoms in total. The van der Waals surface area contributed by atoms with Crippen LogP contribution in [0, 0.1) is 13.8 Å². The number of sulfone groups is 1. The van der Waals surface area contributed by atoms with E-state index in [4.69, 9.17) is 0 Å². The average Bonchev–Trinajstić information content (AvgIpc) is 2.95. The van der Waals surface area contributed by atoms with Crippen LogP contribution in [0.1, 0.15) is 27.3 Å². The molecule has 0 atom stereocenters. The van der Waals surface area contributed by atoms with Crippen molar-refractivity contribution in [2.75, 3.05) is 11.6 Å². The van der Waals surface area contributed by atoms with Gasteiger partial charge in [-0.05, 0) is 44.2 Å². The van der Waals surface area contributed by atoms with E-state index in [1.165, 1.54) is 47.2 Å². The van der Waals surface area contributed by atoms with Crippen LogP contribution < -0.4 is 5.32 Å².